The van der Waals surface area contributed by atoms with Crippen molar-refractivity contribution in [2.45, 2.75) is 45.4 Å². The van der Waals surface area contributed by atoms with Crippen molar-refractivity contribution in [3.8, 4) is 5.75 Å². The first-order valence-corrected chi connectivity index (χ1v) is 6.87. The van der Waals surface area contributed by atoms with E-state index in [4.69, 9.17) is 4.74 Å². The molecular weight excluding hydrogens is 240 g/mol. The largest absolute Gasteiger partial charge is 0.496 e. The van der Waals surface area contributed by atoms with Crippen LogP contribution in [0, 0.1) is 12.8 Å². The van der Waals surface area contributed by atoms with E-state index in [1.165, 1.54) is 5.56 Å². The van der Waals surface area contributed by atoms with E-state index in [-0.39, 0.29) is 5.92 Å². The van der Waals surface area contributed by atoms with Crippen LogP contribution in [0.4, 0.5) is 0 Å². The van der Waals surface area contributed by atoms with Gasteiger partial charge in [0, 0.05) is 0 Å². The number of carboxylic acids is 1. The van der Waals surface area contributed by atoms with Gasteiger partial charge in [-0.25, -0.2) is 0 Å². The Balaban J connectivity index is 2.57. The van der Waals surface area contributed by atoms with E-state index in [9.17, 15) is 9.90 Å². The molecule has 1 aliphatic rings. The molecule has 0 bridgehead atoms. The summed E-state index contributed by atoms with van der Waals surface area (Å²) in [5.74, 6) is 0.653. The van der Waals surface area contributed by atoms with Crippen LogP contribution in [-0.2, 0) is 4.79 Å². The van der Waals surface area contributed by atoms with E-state index in [0.717, 1.165) is 29.7 Å². The molecule has 2 rings (SSSR count). The number of fused-ring (bicyclic) bond motifs is 1. The normalized spacial score (nSPS) is 22.2. The highest BCUT2D eigenvalue weighted by molar-refractivity contribution is 5.77. The summed E-state index contributed by atoms with van der Waals surface area (Å²) in [6, 6.07) is 4.05. The highest BCUT2D eigenvalue weighted by atomic mass is 16.5. The summed E-state index contributed by atoms with van der Waals surface area (Å²) in [6.07, 6.45) is 1.67. The van der Waals surface area contributed by atoms with Gasteiger partial charge >= 0.3 is 5.97 Å². The minimum absolute atomic E-state index is 0.389. The Labute approximate surface area is 114 Å². The molecule has 2 unspecified atom stereocenters. The standard InChI is InChI=1S/C16H22O3/c1-9(2)11-5-6-12(16(17)18)14-8-15(19-4)10(3)7-13(11)14/h7-9,11-12H,5-6H2,1-4H3,(H,17,18). The Hall–Kier alpha value is -1.51. The van der Waals surface area contributed by atoms with Crippen molar-refractivity contribution in [2.75, 3.05) is 7.11 Å². The summed E-state index contributed by atoms with van der Waals surface area (Å²) in [5.41, 5.74) is 3.23. The lowest BCUT2D eigenvalue weighted by molar-refractivity contribution is -0.139. The molecule has 0 amide bonds. The van der Waals surface area contributed by atoms with Gasteiger partial charge < -0.3 is 9.84 Å². The number of rotatable bonds is 3. The van der Waals surface area contributed by atoms with Gasteiger partial charge in [-0.1, -0.05) is 19.9 Å². The van der Waals surface area contributed by atoms with Gasteiger partial charge in [0.1, 0.15) is 5.75 Å². The molecule has 1 aliphatic carbocycles. The molecule has 3 nitrogen and oxygen atoms in total. The number of aryl methyl sites for hydroxylation is 1. The molecule has 0 radical (unpaired) electrons. The van der Waals surface area contributed by atoms with Crippen LogP contribution in [0.2, 0.25) is 0 Å². The molecule has 1 aromatic carbocycles. The van der Waals surface area contributed by atoms with E-state index in [1.807, 2.05) is 13.0 Å². The van der Waals surface area contributed by atoms with Crippen molar-refractivity contribution in [3.05, 3.63) is 28.8 Å². The number of benzene rings is 1. The van der Waals surface area contributed by atoms with Gasteiger partial charge in [-0.05, 0) is 54.4 Å². The smallest absolute Gasteiger partial charge is 0.310 e. The van der Waals surface area contributed by atoms with Crippen molar-refractivity contribution in [1.29, 1.82) is 0 Å². The summed E-state index contributed by atoms with van der Waals surface area (Å²) in [4.78, 5) is 11.4. The molecule has 0 saturated carbocycles. The number of carboxylic acid groups (broad SMARTS) is 1. The topological polar surface area (TPSA) is 46.5 Å². The van der Waals surface area contributed by atoms with Crippen LogP contribution in [0.5, 0.6) is 5.75 Å². The Morgan fingerprint density at radius 2 is 2.00 bits per heavy atom. The maximum atomic E-state index is 11.4. The third-order valence-corrected chi connectivity index (χ3v) is 4.24. The molecule has 1 aromatic rings. The molecule has 0 saturated heterocycles. The molecule has 1 N–H and O–H groups in total. The summed E-state index contributed by atoms with van der Waals surface area (Å²) in [5, 5.41) is 9.40. The zero-order valence-electron chi connectivity index (χ0n) is 12.1. The molecule has 2 atom stereocenters. The van der Waals surface area contributed by atoms with Crippen LogP contribution in [0.3, 0.4) is 0 Å². The Bertz CT molecular complexity index is 491. The average Bonchev–Trinajstić information content (AvgIpc) is 2.35. The molecule has 0 spiro atoms. The van der Waals surface area contributed by atoms with Gasteiger partial charge in [-0.3, -0.25) is 4.79 Å². The highest BCUT2D eigenvalue weighted by Crippen LogP contribution is 2.44. The lowest BCUT2D eigenvalue weighted by atomic mass is 9.72. The first-order chi connectivity index (χ1) is 8.95. The SMILES string of the molecule is COc1cc2c(cc1C)C(C(C)C)CCC2C(=O)O. The van der Waals surface area contributed by atoms with Crippen LogP contribution in [0.25, 0.3) is 0 Å². The first kappa shape index (κ1) is 13.9. The number of methoxy groups -OCH3 is 1. The molecule has 104 valence electrons. The predicted molar refractivity (Wildman–Crippen MR) is 74.9 cm³/mol. The minimum Gasteiger partial charge on any atom is -0.496 e. The van der Waals surface area contributed by atoms with Crippen LogP contribution in [0.15, 0.2) is 12.1 Å². The van der Waals surface area contributed by atoms with Gasteiger partial charge in [0.25, 0.3) is 0 Å². The van der Waals surface area contributed by atoms with Crippen molar-refractivity contribution >= 4 is 5.97 Å². The van der Waals surface area contributed by atoms with Gasteiger partial charge in [-0.2, -0.15) is 0 Å². The summed E-state index contributed by atoms with van der Waals surface area (Å²) >= 11 is 0. The van der Waals surface area contributed by atoms with Crippen LogP contribution < -0.4 is 4.74 Å². The maximum absolute atomic E-state index is 11.4. The zero-order valence-corrected chi connectivity index (χ0v) is 12.1. The number of carbonyl (C=O) groups is 1. The monoisotopic (exact) mass is 262 g/mol. The second kappa shape index (κ2) is 5.24. The van der Waals surface area contributed by atoms with Crippen molar-refractivity contribution in [3.63, 3.8) is 0 Å². The van der Waals surface area contributed by atoms with Crippen LogP contribution in [-0.4, -0.2) is 18.2 Å². The fourth-order valence-corrected chi connectivity index (χ4v) is 3.18. The second-order valence-corrected chi connectivity index (χ2v) is 5.77. The van der Waals surface area contributed by atoms with E-state index in [1.54, 1.807) is 7.11 Å². The van der Waals surface area contributed by atoms with E-state index in [2.05, 4.69) is 19.9 Å². The van der Waals surface area contributed by atoms with E-state index in [0.29, 0.717) is 11.8 Å². The first-order valence-electron chi connectivity index (χ1n) is 6.87. The lowest BCUT2D eigenvalue weighted by Gasteiger charge is -2.32. The Morgan fingerprint density at radius 1 is 1.32 bits per heavy atom. The van der Waals surface area contributed by atoms with E-state index < -0.39 is 5.97 Å². The third kappa shape index (κ3) is 2.46. The fraction of sp³-hybridized carbons (Fsp3) is 0.562. The third-order valence-electron chi connectivity index (χ3n) is 4.24. The Morgan fingerprint density at radius 3 is 2.53 bits per heavy atom. The number of aliphatic carboxylic acids is 1. The highest BCUT2D eigenvalue weighted by Gasteiger charge is 2.33. The number of ether oxygens (including phenoxy) is 1. The minimum atomic E-state index is -0.727. The molecular formula is C16H22O3. The van der Waals surface area contributed by atoms with Crippen LogP contribution >= 0.6 is 0 Å². The van der Waals surface area contributed by atoms with Gasteiger partial charge in [0.2, 0.25) is 0 Å². The van der Waals surface area contributed by atoms with Gasteiger partial charge in [-0.15, -0.1) is 0 Å². The summed E-state index contributed by atoms with van der Waals surface area (Å²) in [7, 11) is 1.63. The maximum Gasteiger partial charge on any atom is 0.310 e. The van der Waals surface area contributed by atoms with Crippen molar-refractivity contribution in [2.24, 2.45) is 5.92 Å². The summed E-state index contributed by atoms with van der Waals surface area (Å²) < 4.78 is 5.34. The molecule has 0 aliphatic heterocycles. The average molecular weight is 262 g/mol. The Kier molecular flexibility index (Phi) is 3.83. The number of hydrogen-bond donors (Lipinski definition) is 1. The lowest BCUT2D eigenvalue weighted by Crippen LogP contribution is -2.23. The fourth-order valence-electron chi connectivity index (χ4n) is 3.18. The molecule has 3 heteroatoms. The quantitative estimate of drug-likeness (QED) is 0.903. The van der Waals surface area contributed by atoms with Gasteiger partial charge in [0.15, 0.2) is 0 Å². The van der Waals surface area contributed by atoms with Crippen LogP contribution in [0.1, 0.15) is 55.2 Å². The van der Waals surface area contributed by atoms with E-state index >= 15 is 0 Å². The molecule has 0 aromatic heterocycles. The van der Waals surface area contributed by atoms with Crippen molar-refractivity contribution < 1.29 is 14.6 Å². The zero-order chi connectivity index (χ0) is 14.2. The molecule has 0 heterocycles. The predicted octanol–water partition coefficient (Wildman–Crippen LogP) is 3.71. The second-order valence-electron chi connectivity index (χ2n) is 5.77. The van der Waals surface area contributed by atoms with Crippen molar-refractivity contribution in [1.82, 2.24) is 0 Å². The molecule has 19 heavy (non-hydrogen) atoms. The van der Waals surface area contributed by atoms with Gasteiger partial charge in [0.05, 0.1) is 13.0 Å². The summed E-state index contributed by atoms with van der Waals surface area (Å²) in [6.45, 7) is 6.42. The number of hydrogen-bond acceptors (Lipinski definition) is 2. The molecule has 0 fully saturated rings.